The van der Waals surface area contributed by atoms with Crippen LogP contribution in [0.25, 0.3) is 0 Å². The van der Waals surface area contributed by atoms with Gasteiger partial charge in [0.2, 0.25) is 0 Å². The van der Waals surface area contributed by atoms with Gasteiger partial charge in [0.1, 0.15) is 0 Å². The smallest absolute Gasteiger partial charge is 0.0719 e. The van der Waals surface area contributed by atoms with Gasteiger partial charge in [-0.1, -0.05) is 6.92 Å². The van der Waals surface area contributed by atoms with Crippen molar-refractivity contribution in [1.29, 1.82) is 0 Å². The van der Waals surface area contributed by atoms with Crippen molar-refractivity contribution in [1.82, 2.24) is 0 Å². The van der Waals surface area contributed by atoms with Crippen LogP contribution in [-0.4, -0.2) is 32.0 Å². The van der Waals surface area contributed by atoms with E-state index in [2.05, 4.69) is 20.8 Å². The van der Waals surface area contributed by atoms with Crippen molar-refractivity contribution in [3.8, 4) is 0 Å². The highest BCUT2D eigenvalue weighted by Crippen LogP contribution is 2.18. The molecule has 2 N–H and O–H groups in total. The molecule has 3 nitrogen and oxygen atoms in total. The summed E-state index contributed by atoms with van der Waals surface area (Å²) < 4.78 is 10.6. The number of ether oxygens (including phenoxy) is 2. The van der Waals surface area contributed by atoms with E-state index in [1.54, 1.807) is 14.2 Å². The van der Waals surface area contributed by atoms with Crippen LogP contribution in [0.4, 0.5) is 0 Å². The maximum Gasteiger partial charge on any atom is 0.0719 e. The maximum absolute atomic E-state index is 6.02. The standard InChI is InChI=1S/C11H25NO2/c1-6-10(13-4)9(12)7-8-11(2,3)14-5/h9-10H,6-8,12H2,1-5H3. The van der Waals surface area contributed by atoms with Gasteiger partial charge in [0, 0.05) is 20.3 Å². The van der Waals surface area contributed by atoms with Crippen LogP contribution in [0.15, 0.2) is 0 Å². The molecule has 0 aliphatic rings. The second kappa shape index (κ2) is 6.38. The van der Waals surface area contributed by atoms with Gasteiger partial charge in [-0.05, 0) is 33.1 Å². The Morgan fingerprint density at radius 1 is 1.29 bits per heavy atom. The van der Waals surface area contributed by atoms with Crippen LogP contribution in [-0.2, 0) is 9.47 Å². The molecule has 0 aromatic heterocycles. The number of hydrogen-bond donors (Lipinski definition) is 1. The van der Waals surface area contributed by atoms with E-state index in [9.17, 15) is 0 Å². The number of rotatable bonds is 7. The van der Waals surface area contributed by atoms with Crippen LogP contribution < -0.4 is 5.73 Å². The van der Waals surface area contributed by atoms with Crippen molar-refractivity contribution < 1.29 is 9.47 Å². The molecule has 0 rings (SSSR count). The Hall–Kier alpha value is -0.120. The molecule has 0 spiro atoms. The Kier molecular flexibility index (Phi) is 6.33. The van der Waals surface area contributed by atoms with E-state index in [-0.39, 0.29) is 17.7 Å². The highest BCUT2D eigenvalue weighted by Gasteiger charge is 2.21. The van der Waals surface area contributed by atoms with Crippen LogP contribution in [0.3, 0.4) is 0 Å². The maximum atomic E-state index is 6.02. The van der Waals surface area contributed by atoms with Gasteiger partial charge in [-0.2, -0.15) is 0 Å². The predicted molar refractivity (Wildman–Crippen MR) is 59.4 cm³/mol. The van der Waals surface area contributed by atoms with Crippen molar-refractivity contribution in [2.45, 2.75) is 57.8 Å². The first kappa shape index (κ1) is 13.9. The minimum absolute atomic E-state index is 0.0797. The van der Waals surface area contributed by atoms with E-state index in [0.717, 1.165) is 19.3 Å². The zero-order valence-corrected chi connectivity index (χ0v) is 10.2. The van der Waals surface area contributed by atoms with E-state index in [4.69, 9.17) is 15.2 Å². The average Bonchev–Trinajstić information content (AvgIpc) is 2.17. The van der Waals surface area contributed by atoms with Gasteiger partial charge in [-0.15, -0.1) is 0 Å². The summed E-state index contributed by atoms with van der Waals surface area (Å²) in [5.74, 6) is 0. The lowest BCUT2D eigenvalue weighted by Crippen LogP contribution is -2.37. The van der Waals surface area contributed by atoms with Gasteiger partial charge in [-0.25, -0.2) is 0 Å². The van der Waals surface area contributed by atoms with Gasteiger partial charge in [-0.3, -0.25) is 0 Å². The third-order valence-corrected chi connectivity index (χ3v) is 2.81. The molecule has 0 aliphatic carbocycles. The van der Waals surface area contributed by atoms with Crippen molar-refractivity contribution in [2.24, 2.45) is 5.73 Å². The molecule has 2 unspecified atom stereocenters. The topological polar surface area (TPSA) is 44.5 Å². The lowest BCUT2D eigenvalue weighted by Gasteiger charge is -2.27. The van der Waals surface area contributed by atoms with Gasteiger partial charge in [0.25, 0.3) is 0 Å². The molecule has 0 saturated carbocycles. The van der Waals surface area contributed by atoms with Gasteiger partial charge in [0.05, 0.1) is 11.7 Å². The van der Waals surface area contributed by atoms with Gasteiger partial charge in [0.15, 0.2) is 0 Å². The van der Waals surface area contributed by atoms with Crippen LogP contribution in [0.2, 0.25) is 0 Å². The van der Waals surface area contributed by atoms with Crippen molar-refractivity contribution in [3.05, 3.63) is 0 Å². The van der Waals surface area contributed by atoms with E-state index in [1.807, 2.05) is 0 Å². The highest BCUT2D eigenvalue weighted by atomic mass is 16.5. The first-order valence-corrected chi connectivity index (χ1v) is 5.30. The molecule has 14 heavy (non-hydrogen) atoms. The molecule has 0 radical (unpaired) electrons. The highest BCUT2D eigenvalue weighted by molar-refractivity contribution is 4.77. The molecule has 0 heterocycles. The fraction of sp³-hybridized carbons (Fsp3) is 1.00. The first-order chi connectivity index (χ1) is 6.46. The molecular formula is C11H25NO2. The van der Waals surface area contributed by atoms with Gasteiger partial charge >= 0.3 is 0 Å². The first-order valence-electron chi connectivity index (χ1n) is 5.30. The van der Waals surface area contributed by atoms with Crippen LogP contribution in [0.5, 0.6) is 0 Å². The quantitative estimate of drug-likeness (QED) is 0.687. The fourth-order valence-electron chi connectivity index (χ4n) is 1.45. The summed E-state index contributed by atoms with van der Waals surface area (Å²) in [6.07, 6.45) is 3.03. The minimum atomic E-state index is -0.0797. The fourth-order valence-corrected chi connectivity index (χ4v) is 1.45. The normalized spacial score (nSPS) is 16.7. The molecule has 0 amide bonds. The Balaban J connectivity index is 3.88. The molecule has 0 fully saturated rings. The summed E-state index contributed by atoms with van der Waals surface area (Å²) in [5, 5.41) is 0. The van der Waals surface area contributed by atoms with E-state index >= 15 is 0 Å². The van der Waals surface area contributed by atoms with Crippen molar-refractivity contribution >= 4 is 0 Å². The van der Waals surface area contributed by atoms with Gasteiger partial charge < -0.3 is 15.2 Å². The summed E-state index contributed by atoms with van der Waals surface area (Å²) in [6.45, 7) is 6.25. The molecule has 0 aliphatic heterocycles. The van der Waals surface area contributed by atoms with Crippen molar-refractivity contribution in [3.63, 3.8) is 0 Å². The average molecular weight is 203 g/mol. The Morgan fingerprint density at radius 3 is 2.21 bits per heavy atom. The summed E-state index contributed by atoms with van der Waals surface area (Å²) in [6, 6.07) is 0.111. The predicted octanol–water partition coefficient (Wildman–Crippen LogP) is 1.94. The van der Waals surface area contributed by atoms with E-state index in [1.165, 1.54) is 0 Å². The molecule has 0 aromatic rings. The number of hydrogen-bond acceptors (Lipinski definition) is 3. The van der Waals surface area contributed by atoms with E-state index < -0.39 is 0 Å². The van der Waals surface area contributed by atoms with Crippen LogP contribution in [0, 0.1) is 0 Å². The Bertz CT molecular complexity index is 144. The Labute approximate surface area is 88.0 Å². The SMILES string of the molecule is CCC(OC)C(N)CCC(C)(C)OC. The zero-order valence-electron chi connectivity index (χ0n) is 10.2. The van der Waals surface area contributed by atoms with E-state index in [0.29, 0.717) is 0 Å². The lowest BCUT2D eigenvalue weighted by molar-refractivity contribution is 0.00497. The molecule has 2 atom stereocenters. The zero-order chi connectivity index (χ0) is 11.2. The molecule has 0 saturated heterocycles. The minimum Gasteiger partial charge on any atom is -0.380 e. The third-order valence-electron chi connectivity index (χ3n) is 2.81. The second-order valence-electron chi connectivity index (χ2n) is 4.35. The monoisotopic (exact) mass is 203 g/mol. The number of methoxy groups -OCH3 is 2. The second-order valence-corrected chi connectivity index (χ2v) is 4.35. The van der Waals surface area contributed by atoms with Crippen molar-refractivity contribution in [2.75, 3.05) is 14.2 Å². The van der Waals surface area contributed by atoms with Crippen LogP contribution >= 0.6 is 0 Å². The Morgan fingerprint density at radius 2 is 1.86 bits per heavy atom. The molecule has 0 bridgehead atoms. The number of nitrogens with two attached hydrogens (primary N) is 1. The summed E-state index contributed by atoms with van der Waals surface area (Å²) in [4.78, 5) is 0. The van der Waals surface area contributed by atoms with Crippen LogP contribution in [0.1, 0.15) is 40.0 Å². The lowest BCUT2D eigenvalue weighted by atomic mass is 9.96. The molecule has 86 valence electrons. The summed E-state index contributed by atoms with van der Waals surface area (Å²) in [5.41, 5.74) is 5.94. The molecule has 0 aromatic carbocycles. The third kappa shape index (κ3) is 4.94. The summed E-state index contributed by atoms with van der Waals surface area (Å²) >= 11 is 0. The summed E-state index contributed by atoms with van der Waals surface area (Å²) in [7, 11) is 3.45. The molecule has 3 heteroatoms. The largest absolute Gasteiger partial charge is 0.380 e. The molecular weight excluding hydrogens is 178 g/mol.